The smallest absolute Gasteiger partial charge is 0.252 e. The highest BCUT2D eigenvalue weighted by atomic mass is 16.3. The SMILES string of the molecule is CC(CCc1ccccc1)NCC(=O)c1ccc(O)c(C(N)=O)c1. The molecule has 2 aromatic carbocycles. The van der Waals surface area contributed by atoms with E-state index in [9.17, 15) is 14.7 Å². The van der Waals surface area contributed by atoms with Crippen LogP contribution >= 0.6 is 0 Å². The van der Waals surface area contributed by atoms with Crippen LogP contribution in [-0.2, 0) is 6.42 Å². The fourth-order valence-electron chi connectivity index (χ4n) is 2.41. The van der Waals surface area contributed by atoms with Crippen molar-refractivity contribution in [2.45, 2.75) is 25.8 Å². The molecule has 0 heterocycles. The molecule has 0 aliphatic heterocycles. The number of ketones is 1. The molecule has 4 N–H and O–H groups in total. The highest BCUT2D eigenvalue weighted by Crippen LogP contribution is 2.18. The van der Waals surface area contributed by atoms with Crippen LogP contribution in [0.25, 0.3) is 0 Å². The highest BCUT2D eigenvalue weighted by molar-refractivity contribution is 6.02. The summed E-state index contributed by atoms with van der Waals surface area (Å²) in [7, 11) is 0. The predicted molar refractivity (Wildman–Crippen MR) is 93.2 cm³/mol. The molecule has 0 bridgehead atoms. The highest BCUT2D eigenvalue weighted by Gasteiger charge is 2.13. The van der Waals surface area contributed by atoms with Crippen LogP contribution in [0.2, 0.25) is 0 Å². The minimum absolute atomic E-state index is 0.0435. The third kappa shape index (κ3) is 4.93. The molecule has 126 valence electrons. The Bertz CT molecular complexity index is 714. The van der Waals surface area contributed by atoms with Crippen LogP contribution in [0.1, 0.15) is 39.6 Å². The van der Waals surface area contributed by atoms with Crippen LogP contribution in [0.3, 0.4) is 0 Å². The van der Waals surface area contributed by atoms with E-state index >= 15 is 0 Å². The summed E-state index contributed by atoms with van der Waals surface area (Å²) >= 11 is 0. The summed E-state index contributed by atoms with van der Waals surface area (Å²) in [5.41, 5.74) is 6.75. The number of amides is 1. The first-order valence-corrected chi connectivity index (χ1v) is 7.90. The van der Waals surface area contributed by atoms with Gasteiger partial charge in [-0.1, -0.05) is 30.3 Å². The lowest BCUT2D eigenvalue weighted by Gasteiger charge is -2.13. The summed E-state index contributed by atoms with van der Waals surface area (Å²) in [5.74, 6) is -1.13. The summed E-state index contributed by atoms with van der Waals surface area (Å²) in [6.07, 6.45) is 1.85. The van der Waals surface area contributed by atoms with E-state index in [-0.39, 0.29) is 29.7 Å². The van der Waals surface area contributed by atoms with E-state index in [4.69, 9.17) is 5.73 Å². The maximum Gasteiger partial charge on any atom is 0.252 e. The molecule has 24 heavy (non-hydrogen) atoms. The lowest BCUT2D eigenvalue weighted by molar-refractivity contribution is 0.0987. The van der Waals surface area contributed by atoms with Gasteiger partial charge < -0.3 is 16.2 Å². The molecule has 0 saturated carbocycles. The monoisotopic (exact) mass is 326 g/mol. The quantitative estimate of drug-likeness (QED) is 0.649. The number of rotatable bonds is 8. The van der Waals surface area contributed by atoms with Crippen molar-refractivity contribution in [1.29, 1.82) is 0 Å². The zero-order valence-electron chi connectivity index (χ0n) is 13.7. The summed E-state index contributed by atoms with van der Waals surface area (Å²) < 4.78 is 0. The number of nitrogens with two attached hydrogens (primary N) is 1. The van der Waals surface area contributed by atoms with Gasteiger partial charge in [-0.15, -0.1) is 0 Å². The molecule has 2 aromatic rings. The Balaban J connectivity index is 1.86. The average molecular weight is 326 g/mol. The molecule has 0 radical (unpaired) electrons. The van der Waals surface area contributed by atoms with E-state index < -0.39 is 5.91 Å². The molecule has 5 heteroatoms. The second-order valence-electron chi connectivity index (χ2n) is 5.83. The van der Waals surface area contributed by atoms with Crippen molar-refractivity contribution < 1.29 is 14.7 Å². The van der Waals surface area contributed by atoms with E-state index in [1.807, 2.05) is 25.1 Å². The predicted octanol–water partition coefficient (Wildman–Crippen LogP) is 2.28. The molecule has 0 aliphatic rings. The van der Waals surface area contributed by atoms with E-state index in [1.54, 1.807) is 0 Å². The van der Waals surface area contributed by atoms with Gasteiger partial charge in [0.15, 0.2) is 5.78 Å². The Morgan fingerprint density at radius 1 is 1.17 bits per heavy atom. The van der Waals surface area contributed by atoms with Gasteiger partial charge in [0.25, 0.3) is 5.91 Å². The third-order valence-electron chi connectivity index (χ3n) is 3.90. The first-order chi connectivity index (χ1) is 11.5. The zero-order chi connectivity index (χ0) is 17.5. The maximum atomic E-state index is 12.2. The molecule has 0 fully saturated rings. The molecule has 0 aliphatic carbocycles. The van der Waals surface area contributed by atoms with Gasteiger partial charge in [-0.05, 0) is 43.5 Å². The molecule has 2 rings (SSSR count). The number of carbonyl (C=O) groups excluding carboxylic acids is 2. The van der Waals surface area contributed by atoms with Gasteiger partial charge in [-0.3, -0.25) is 9.59 Å². The average Bonchev–Trinajstić information content (AvgIpc) is 2.59. The molecule has 0 spiro atoms. The number of primary amides is 1. The molecule has 1 atom stereocenters. The van der Waals surface area contributed by atoms with Gasteiger partial charge in [-0.25, -0.2) is 0 Å². The second kappa shape index (κ2) is 8.26. The fraction of sp³-hybridized carbons (Fsp3) is 0.263. The fourth-order valence-corrected chi connectivity index (χ4v) is 2.41. The number of aryl methyl sites for hydroxylation is 1. The van der Waals surface area contributed by atoms with Crippen LogP contribution < -0.4 is 11.1 Å². The summed E-state index contributed by atoms with van der Waals surface area (Å²) in [6.45, 7) is 2.20. The largest absolute Gasteiger partial charge is 0.507 e. The minimum atomic E-state index is -0.758. The van der Waals surface area contributed by atoms with Crippen molar-refractivity contribution in [3.05, 3.63) is 65.2 Å². The van der Waals surface area contributed by atoms with Crippen LogP contribution in [0.4, 0.5) is 0 Å². The van der Waals surface area contributed by atoms with E-state index in [0.717, 1.165) is 12.8 Å². The molecule has 0 saturated heterocycles. The van der Waals surface area contributed by atoms with Crippen molar-refractivity contribution in [3.63, 3.8) is 0 Å². The second-order valence-corrected chi connectivity index (χ2v) is 5.83. The van der Waals surface area contributed by atoms with Gasteiger partial charge in [-0.2, -0.15) is 0 Å². The van der Waals surface area contributed by atoms with E-state index in [1.165, 1.54) is 23.8 Å². The summed E-state index contributed by atoms with van der Waals surface area (Å²) in [6, 6.07) is 14.5. The van der Waals surface area contributed by atoms with Crippen LogP contribution in [0.15, 0.2) is 48.5 Å². The van der Waals surface area contributed by atoms with Gasteiger partial charge in [0.1, 0.15) is 5.75 Å². The number of hydrogen-bond donors (Lipinski definition) is 3. The lowest BCUT2D eigenvalue weighted by Crippen LogP contribution is -2.32. The van der Waals surface area contributed by atoms with Gasteiger partial charge in [0, 0.05) is 11.6 Å². The molecular formula is C19H22N2O3. The first-order valence-electron chi connectivity index (χ1n) is 7.90. The normalized spacial score (nSPS) is 11.9. The molecule has 1 amide bonds. The topological polar surface area (TPSA) is 92.4 Å². The Labute approximate surface area is 141 Å². The molecular weight excluding hydrogens is 304 g/mol. The number of phenols is 1. The van der Waals surface area contributed by atoms with Crippen molar-refractivity contribution >= 4 is 11.7 Å². The van der Waals surface area contributed by atoms with Crippen molar-refractivity contribution in [1.82, 2.24) is 5.32 Å². The van der Waals surface area contributed by atoms with E-state index in [0.29, 0.717) is 5.56 Å². The molecule has 5 nitrogen and oxygen atoms in total. The Morgan fingerprint density at radius 3 is 2.54 bits per heavy atom. The van der Waals surface area contributed by atoms with Gasteiger partial charge in [0.2, 0.25) is 0 Å². The summed E-state index contributed by atoms with van der Waals surface area (Å²) in [5, 5.41) is 12.7. The van der Waals surface area contributed by atoms with Crippen LogP contribution in [0.5, 0.6) is 5.75 Å². The van der Waals surface area contributed by atoms with Gasteiger partial charge in [0.05, 0.1) is 12.1 Å². The van der Waals surface area contributed by atoms with E-state index in [2.05, 4.69) is 17.4 Å². The minimum Gasteiger partial charge on any atom is -0.507 e. The molecule has 0 aromatic heterocycles. The van der Waals surface area contributed by atoms with Crippen molar-refractivity contribution in [2.75, 3.05) is 6.54 Å². The lowest BCUT2D eigenvalue weighted by atomic mass is 10.0. The third-order valence-corrected chi connectivity index (χ3v) is 3.90. The Kier molecular flexibility index (Phi) is 6.09. The number of nitrogens with one attached hydrogen (secondary N) is 1. The van der Waals surface area contributed by atoms with Gasteiger partial charge >= 0.3 is 0 Å². The van der Waals surface area contributed by atoms with Crippen molar-refractivity contribution in [3.8, 4) is 5.75 Å². The maximum absolute atomic E-state index is 12.2. The first kappa shape index (κ1) is 17.7. The Morgan fingerprint density at radius 2 is 1.88 bits per heavy atom. The number of carbonyl (C=O) groups is 2. The standard InChI is InChI=1S/C19H22N2O3/c1-13(7-8-14-5-3-2-4-6-14)21-12-18(23)15-9-10-17(22)16(11-15)19(20)24/h2-6,9-11,13,21-22H,7-8,12H2,1H3,(H2,20,24). The van der Waals surface area contributed by atoms with Crippen LogP contribution in [-0.4, -0.2) is 29.4 Å². The number of hydrogen-bond acceptors (Lipinski definition) is 4. The summed E-state index contributed by atoms with van der Waals surface area (Å²) in [4.78, 5) is 23.4. The number of benzene rings is 2. The van der Waals surface area contributed by atoms with Crippen LogP contribution in [0, 0.1) is 0 Å². The van der Waals surface area contributed by atoms with Crippen molar-refractivity contribution in [2.24, 2.45) is 5.73 Å². The number of aromatic hydroxyl groups is 1. The Hall–Kier alpha value is -2.66. The molecule has 1 unspecified atom stereocenters. The zero-order valence-corrected chi connectivity index (χ0v) is 13.7. The number of Topliss-reactive ketones (excluding diaryl/α,β-unsaturated/α-hetero) is 1.